The Bertz CT molecular complexity index is 1030. The van der Waals surface area contributed by atoms with Crippen molar-refractivity contribution in [1.82, 2.24) is 0 Å². The average Bonchev–Trinajstić information content (AvgIpc) is 2.87. The molecule has 0 saturated heterocycles. The zero-order chi connectivity index (χ0) is 24.6. The third-order valence-electron chi connectivity index (χ3n) is 6.16. The molecule has 1 unspecified atom stereocenters. The normalized spacial score (nSPS) is 12.5. The molecule has 0 fully saturated rings. The van der Waals surface area contributed by atoms with E-state index in [9.17, 15) is 4.79 Å². The molecule has 0 aliphatic carbocycles. The van der Waals surface area contributed by atoms with Gasteiger partial charge in [0.15, 0.2) is 5.54 Å². The van der Waals surface area contributed by atoms with E-state index in [2.05, 4.69) is 56.0 Å². The molecule has 3 rings (SSSR count). The predicted octanol–water partition coefficient (Wildman–Crippen LogP) is 6.61. The molecule has 0 aromatic heterocycles. The standard InChI is InChI=1S/C30H35NO3/c1-6-31(26-18-20-27(33-5)21-19-26)30(23(3)4,29(32)34-7-2)22-28(24-14-10-8-11-15-24)25-16-12-9-13-17-25/h8-23H,6-7H2,1-5H3. The summed E-state index contributed by atoms with van der Waals surface area (Å²) >= 11 is 0. The maximum absolute atomic E-state index is 13.9. The number of ether oxygens (including phenoxy) is 2. The molecule has 0 amide bonds. The molecule has 3 aromatic rings. The number of carbonyl (C=O) groups is 1. The molecule has 0 bridgehead atoms. The first-order valence-corrected chi connectivity index (χ1v) is 11.9. The van der Waals surface area contributed by atoms with E-state index in [-0.39, 0.29) is 11.9 Å². The minimum absolute atomic E-state index is 0.0731. The number of methoxy groups -OCH3 is 1. The summed E-state index contributed by atoms with van der Waals surface area (Å²) in [5.41, 5.74) is 3.00. The summed E-state index contributed by atoms with van der Waals surface area (Å²) in [4.78, 5) is 16.0. The lowest BCUT2D eigenvalue weighted by molar-refractivity contribution is -0.149. The van der Waals surface area contributed by atoms with Gasteiger partial charge in [-0.2, -0.15) is 0 Å². The van der Waals surface area contributed by atoms with E-state index in [4.69, 9.17) is 9.47 Å². The van der Waals surface area contributed by atoms with Crippen LogP contribution in [0.4, 0.5) is 5.69 Å². The van der Waals surface area contributed by atoms with Crippen molar-refractivity contribution in [1.29, 1.82) is 0 Å². The molecule has 4 heteroatoms. The Morgan fingerprint density at radius 2 is 1.41 bits per heavy atom. The van der Waals surface area contributed by atoms with Crippen LogP contribution < -0.4 is 9.64 Å². The van der Waals surface area contributed by atoms with Crippen molar-refractivity contribution in [3.63, 3.8) is 0 Å². The van der Waals surface area contributed by atoms with Crippen molar-refractivity contribution in [3.8, 4) is 5.75 Å². The Kier molecular flexibility index (Phi) is 8.53. The van der Waals surface area contributed by atoms with Gasteiger partial charge < -0.3 is 14.4 Å². The van der Waals surface area contributed by atoms with Gasteiger partial charge in [0.2, 0.25) is 0 Å². The smallest absolute Gasteiger partial charge is 0.336 e. The summed E-state index contributed by atoms with van der Waals surface area (Å²) in [5, 5.41) is 0. The molecule has 0 aliphatic rings. The largest absolute Gasteiger partial charge is 0.497 e. The van der Waals surface area contributed by atoms with Gasteiger partial charge in [-0.3, -0.25) is 0 Å². The van der Waals surface area contributed by atoms with Crippen molar-refractivity contribution < 1.29 is 14.3 Å². The highest BCUT2D eigenvalue weighted by atomic mass is 16.5. The van der Waals surface area contributed by atoms with Crippen molar-refractivity contribution in [2.45, 2.75) is 33.2 Å². The predicted molar refractivity (Wildman–Crippen MR) is 140 cm³/mol. The second-order valence-corrected chi connectivity index (χ2v) is 8.43. The molecule has 34 heavy (non-hydrogen) atoms. The Morgan fingerprint density at radius 3 is 1.82 bits per heavy atom. The van der Waals surface area contributed by atoms with Gasteiger partial charge in [-0.25, -0.2) is 4.79 Å². The number of hydrogen-bond acceptors (Lipinski definition) is 4. The van der Waals surface area contributed by atoms with Gasteiger partial charge in [0.25, 0.3) is 0 Å². The van der Waals surface area contributed by atoms with Crippen LogP contribution in [-0.4, -0.2) is 31.8 Å². The first-order valence-electron chi connectivity index (χ1n) is 11.9. The van der Waals surface area contributed by atoms with Crippen LogP contribution in [0, 0.1) is 5.92 Å². The van der Waals surface area contributed by atoms with Crippen molar-refractivity contribution in [3.05, 3.63) is 102 Å². The van der Waals surface area contributed by atoms with E-state index in [1.807, 2.05) is 67.6 Å². The third kappa shape index (κ3) is 5.17. The lowest BCUT2D eigenvalue weighted by atomic mass is 9.79. The first-order chi connectivity index (χ1) is 16.5. The molecule has 0 spiro atoms. The molecule has 3 aromatic carbocycles. The van der Waals surface area contributed by atoms with Crippen LogP contribution >= 0.6 is 0 Å². The zero-order valence-corrected chi connectivity index (χ0v) is 20.8. The van der Waals surface area contributed by atoms with E-state index in [0.717, 1.165) is 28.1 Å². The fourth-order valence-corrected chi connectivity index (χ4v) is 4.42. The van der Waals surface area contributed by atoms with Crippen LogP contribution in [0.15, 0.2) is 91.0 Å². The van der Waals surface area contributed by atoms with Crippen LogP contribution in [0.5, 0.6) is 5.75 Å². The number of likely N-dealkylation sites (N-methyl/N-ethyl adjacent to an activating group) is 1. The summed E-state index contributed by atoms with van der Waals surface area (Å²) < 4.78 is 11.1. The summed E-state index contributed by atoms with van der Waals surface area (Å²) in [7, 11) is 1.65. The van der Waals surface area contributed by atoms with Crippen LogP contribution in [-0.2, 0) is 9.53 Å². The highest BCUT2D eigenvalue weighted by Crippen LogP contribution is 2.38. The van der Waals surface area contributed by atoms with Crippen molar-refractivity contribution in [2.24, 2.45) is 5.92 Å². The topological polar surface area (TPSA) is 38.8 Å². The lowest BCUT2D eigenvalue weighted by Gasteiger charge is -2.44. The van der Waals surface area contributed by atoms with Gasteiger partial charge in [0, 0.05) is 12.2 Å². The summed E-state index contributed by atoms with van der Waals surface area (Å²) in [6.07, 6.45) is 2.11. The minimum atomic E-state index is -1.03. The second-order valence-electron chi connectivity index (χ2n) is 8.43. The zero-order valence-electron chi connectivity index (χ0n) is 20.8. The molecule has 0 aliphatic heterocycles. The third-order valence-corrected chi connectivity index (χ3v) is 6.16. The Morgan fingerprint density at radius 1 is 0.882 bits per heavy atom. The van der Waals surface area contributed by atoms with Gasteiger partial charge >= 0.3 is 5.97 Å². The van der Waals surface area contributed by atoms with Gasteiger partial charge in [0.05, 0.1) is 13.7 Å². The Labute approximate surface area is 203 Å². The van der Waals surface area contributed by atoms with E-state index in [1.54, 1.807) is 7.11 Å². The lowest BCUT2D eigenvalue weighted by Crippen LogP contribution is -2.58. The quantitative estimate of drug-likeness (QED) is 0.321. The monoisotopic (exact) mass is 457 g/mol. The average molecular weight is 458 g/mol. The molecule has 4 nitrogen and oxygen atoms in total. The van der Waals surface area contributed by atoms with Crippen LogP contribution in [0.1, 0.15) is 38.8 Å². The molecule has 0 radical (unpaired) electrons. The Hall–Kier alpha value is -3.53. The SMILES string of the molecule is CCOC(=O)C(C=C(c1ccccc1)c1ccccc1)(C(C)C)N(CC)c1ccc(OC)cc1. The highest BCUT2D eigenvalue weighted by Gasteiger charge is 2.47. The van der Waals surface area contributed by atoms with Crippen LogP contribution in [0.3, 0.4) is 0 Å². The molecule has 0 N–H and O–H groups in total. The summed E-state index contributed by atoms with van der Waals surface area (Å²) in [6.45, 7) is 9.01. The molecule has 0 saturated carbocycles. The number of nitrogens with zero attached hydrogens (tertiary/aromatic N) is 1. The van der Waals surface area contributed by atoms with Crippen molar-refractivity contribution >= 4 is 17.2 Å². The maximum Gasteiger partial charge on any atom is 0.336 e. The van der Waals surface area contributed by atoms with Gasteiger partial charge in [-0.15, -0.1) is 0 Å². The number of esters is 1. The molecular weight excluding hydrogens is 422 g/mol. The molecule has 178 valence electrons. The molecular formula is C30H35NO3. The van der Waals surface area contributed by atoms with Crippen LogP contribution in [0.25, 0.3) is 5.57 Å². The van der Waals surface area contributed by atoms with E-state index >= 15 is 0 Å². The molecule has 1 atom stereocenters. The van der Waals surface area contributed by atoms with Gasteiger partial charge in [0.1, 0.15) is 5.75 Å². The van der Waals surface area contributed by atoms with E-state index in [1.165, 1.54) is 0 Å². The maximum atomic E-state index is 13.9. The van der Waals surface area contributed by atoms with Crippen LogP contribution in [0.2, 0.25) is 0 Å². The first kappa shape index (κ1) is 25.1. The number of benzene rings is 3. The fourth-order valence-electron chi connectivity index (χ4n) is 4.42. The summed E-state index contributed by atoms with van der Waals surface area (Å²) in [5.74, 6) is 0.443. The van der Waals surface area contributed by atoms with E-state index in [0.29, 0.717) is 13.2 Å². The summed E-state index contributed by atoms with van der Waals surface area (Å²) in [6, 6.07) is 28.3. The minimum Gasteiger partial charge on any atom is -0.497 e. The highest BCUT2D eigenvalue weighted by molar-refractivity contribution is 5.93. The fraction of sp³-hybridized carbons (Fsp3) is 0.300. The number of carbonyl (C=O) groups excluding carboxylic acids is 1. The van der Waals surface area contributed by atoms with E-state index < -0.39 is 5.54 Å². The van der Waals surface area contributed by atoms with Gasteiger partial charge in [-0.05, 0) is 66.8 Å². The number of rotatable bonds is 10. The second kappa shape index (κ2) is 11.6. The van der Waals surface area contributed by atoms with Crippen molar-refractivity contribution in [2.75, 3.05) is 25.2 Å². The van der Waals surface area contributed by atoms with Gasteiger partial charge in [-0.1, -0.05) is 74.5 Å². The molecule has 0 heterocycles. The number of hydrogen-bond donors (Lipinski definition) is 0. The Balaban J connectivity index is 2.32. The number of anilines is 1.